The summed E-state index contributed by atoms with van der Waals surface area (Å²) in [6, 6.07) is 12.4. The summed E-state index contributed by atoms with van der Waals surface area (Å²) in [4.78, 5) is 34.6. The van der Waals surface area contributed by atoms with Gasteiger partial charge in [0.15, 0.2) is 0 Å². The molecule has 1 fully saturated rings. The van der Waals surface area contributed by atoms with Crippen molar-refractivity contribution in [2.75, 3.05) is 39.0 Å². The third kappa shape index (κ3) is 4.56. The van der Waals surface area contributed by atoms with Crippen molar-refractivity contribution < 1.29 is 4.79 Å². The number of fused-ring (bicyclic) bond motifs is 2. The molecule has 1 saturated carbocycles. The fourth-order valence-corrected chi connectivity index (χ4v) is 6.42. The normalized spacial score (nSPS) is 16.9. The number of aryl methyl sites for hydroxylation is 1. The highest BCUT2D eigenvalue weighted by molar-refractivity contribution is 5.94. The average Bonchev–Trinajstić information content (AvgIpc) is 3.63. The van der Waals surface area contributed by atoms with Gasteiger partial charge in [-0.15, -0.1) is 0 Å². The van der Waals surface area contributed by atoms with Crippen molar-refractivity contribution >= 4 is 28.2 Å². The van der Waals surface area contributed by atoms with Crippen LogP contribution >= 0.6 is 0 Å². The molecule has 0 saturated heterocycles. The zero-order valence-corrected chi connectivity index (χ0v) is 24.0. The molecule has 5 heterocycles. The maximum atomic E-state index is 13.3. The molecule has 0 radical (unpaired) electrons. The predicted molar refractivity (Wildman–Crippen MR) is 163 cm³/mol. The molecule has 7 rings (SSSR count). The summed E-state index contributed by atoms with van der Waals surface area (Å²) in [7, 11) is 5.68. The van der Waals surface area contributed by atoms with Crippen molar-refractivity contribution in [3.8, 4) is 5.69 Å². The fraction of sp³-hybridized carbons (Fsp3) is 0.364. The van der Waals surface area contributed by atoms with E-state index in [0.29, 0.717) is 5.92 Å². The first-order valence-corrected chi connectivity index (χ1v) is 14.6. The number of carbonyl (C=O) groups excluding carboxylic acids is 1. The van der Waals surface area contributed by atoms with E-state index in [1.54, 1.807) is 15.7 Å². The molecule has 0 unspecified atom stereocenters. The highest BCUT2D eigenvalue weighted by atomic mass is 16.2. The van der Waals surface area contributed by atoms with Crippen molar-refractivity contribution in [2.45, 2.75) is 38.1 Å². The maximum absolute atomic E-state index is 13.3. The first-order valence-electron chi connectivity index (χ1n) is 14.6. The van der Waals surface area contributed by atoms with E-state index in [0.717, 1.165) is 72.6 Å². The number of hydrogen-bond acceptors (Lipinski definition) is 5. The van der Waals surface area contributed by atoms with Gasteiger partial charge >= 0.3 is 0 Å². The summed E-state index contributed by atoms with van der Waals surface area (Å²) in [6.45, 7) is 3.46. The van der Waals surface area contributed by atoms with Crippen LogP contribution in [0.3, 0.4) is 0 Å². The zero-order valence-electron chi connectivity index (χ0n) is 24.0. The Kier molecular flexibility index (Phi) is 6.31. The van der Waals surface area contributed by atoms with Gasteiger partial charge in [-0.05, 0) is 78.6 Å². The molecule has 1 aliphatic carbocycles. The molecule has 3 aliphatic rings. The van der Waals surface area contributed by atoms with Crippen LogP contribution in [0.15, 0.2) is 59.7 Å². The minimum absolute atomic E-state index is 0.0452. The minimum Gasteiger partial charge on any atom is -0.384 e. The molecule has 8 nitrogen and oxygen atoms in total. The number of pyridine rings is 2. The number of anilines is 1. The molecule has 2 aliphatic heterocycles. The number of aromatic nitrogens is 3. The third-order valence-corrected chi connectivity index (χ3v) is 8.89. The van der Waals surface area contributed by atoms with Gasteiger partial charge in [0.1, 0.15) is 5.65 Å². The van der Waals surface area contributed by atoms with Gasteiger partial charge in [0.2, 0.25) is 0 Å². The Balaban J connectivity index is 1.14. The predicted octanol–water partition coefficient (Wildman–Crippen LogP) is 4.56. The van der Waals surface area contributed by atoms with Crippen LogP contribution in [-0.4, -0.2) is 63.6 Å². The van der Waals surface area contributed by atoms with E-state index in [1.807, 2.05) is 38.5 Å². The number of rotatable bonds is 6. The first-order chi connectivity index (χ1) is 19.9. The monoisotopic (exact) mass is 548 g/mol. The molecule has 1 amide bonds. The number of benzene rings is 1. The number of carbonyl (C=O) groups is 1. The molecule has 3 aromatic heterocycles. The molecular weight excluding hydrogens is 512 g/mol. The molecule has 1 N–H and O–H groups in total. The largest absolute Gasteiger partial charge is 0.384 e. The number of nitrogens with one attached hydrogen (secondary N) is 1. The molecule has 210 valence electrons. The zero-order chi connectivity index (χ0) is 28.2. The lowest BCUT2D eigenvalue weighted by Crippen LogP contribution is -2.29. The Morgan fingerprint density at radius 1 is 1.12 bits per heavy atom. The molecule has 1 aromatic carbocycles. The van der Waals surface area contributed by atoms with E-state index in [4.69, 9.17) is 0 Å². The van der Waals surface area contributed by atoms with Crippen molar-refractivity contribution in [1.29, 1.82) is 0 Å². The quantitative estimate of drug-likeness (QED) is 0.382. The second kappa shape index (κ2) is 10.0. The van der Waals surface area contributed by atoms with Crippen molar-refractivity contribution in [2.24, 2.45) is 7.05 Å². The summed E-state index contributed by atoms with van der Waals surface area (Å²) in [6.07, 6.45) is 10.2. The van der Waals surface area contributed by atoms with Gasteiger partial charge in [0, 0.05) is 87.6 Å². The highest BCUT2D eigenvalue weighted by Gasteiger charge is 2.29. The SMILES string of the molecule is CN(C)C(=O)c1ccc(C2=CCN(Cc3cc4c(-n5ccc6c(c5=O)CCN6)ccnc4n3C)CC2)c(C2CC2)c1. The maximum Gasteiger partial charge on any atom is 0.260 e. The summed E-state index contributed by atoms with van der Waals surface area (Å²) < 4.78 is 3.92. The Hall–Kier alpha value is -4.17. The Labute approximate surface area is 239 Å². The average molecular weight is 549 g/mol. The number of amides is 1. The van der Waals surface area contributed by atoms with Gasteiger partial charge in [0.25, 0.3) is 11.5 Å². The van der Waals surface area contributed by atoms with Crippen LogP contribution in [0.5, 0.6) is 0 Å². The Morgan fingerprint density at radius 2 is 1.98 bits per heavy atom. The highest BCUT2D eigenvalue weighted by Crippen LogP contribution is 2.44. The van der Waals surface area contributed by atoms with Crippen LogP contribution in [0, 0.1) is 0 Å². The minimum atomic E-state index is 0.0452. The molecule has 0 spiro atoms. The van der Waals surface area contributed by atoms with Crippen LogP contribution < -0.4 is 10.9 Å². The van der Waals surface area contributed by atoms with Crippen LogP contribution in [0.2, 0.25) is 0 Å². The van der Waals surface area contributed by atoms with Gasteiger partial charge < -0.3 is 14.8 Å². The van der Waals surface area contributed by atoms with Crippen LogP contribution in [0.4, 0.5) is 5.69 Å². The van der Waals surface area contributed by atoms with Gasteiger partial charge in [-0.3, -0.25) is 19.1 Å². The number of hydrogen-bond donors (Lipinski definition) is 1. The van der Waals surface area contributed by atoms with E-state index in [1.165, 1.54) is 35.2 Å². The van der Waals surface area contributed by atoms with Gasteiger partial charge in [-0.2, -0.15) is 0 Å². The number of nitrogens with zero attached hydrogens (tertiary/aromatic N) is 5. The van der Waals surface area contributed by atoms with Gasteiger partial charge in [-0.25, -0.2) is 4.98 Å². The third-order valence-electron chi connectivity index (χ3n) is 8.89. The van der Waals surface area contributed by atoms with Crippen LogP contribution in [0.1, 0.15) is 57.9 Å². The summed E-state index contributed by atoms with van der Waals surface area (Å²) in [5, 5.41) is 4.29. The second-order valence-corrected chi connectivity index (χ2v) is 11.8. The fourth-order valence-electron chi connectivity index (χ4n) is 6.42. The molecule has 0 bridgehead atoms. The summed E-state index contributed by atoms with van der Waals surface area (Å²) in [5.41, 5.74) is 9.61. The standard InChI is InChI=1S/C33H36N6O2/c1-36(2)32(40)23-6-7-25(27(18-23)21-4-5-21)22-10-15-38(16-11-22)20-24-19-28-30(9-14-35-31(28)37(24)3)39-17-12-29-26(33(39)41)8-13-34-29/h6-7,9-10,12,14,17-19,21,34H,4-5,8,11,13,15-16,20H2,1-3H3. The molecular formula is C33H36N6O2. The van der Waals surface area contributed by atoms with Crippen molar-refractivity contribution in [3.63, 3.8) is 0 Å². The van der Waals surface area contributed by atoms with Crippen molar-refractivity contribution in [1.82, 2.24) is 23.9 Å². The van der Waals surface area contributed by atoms with Crippen LogP contribution in [0.25, 0.3) is 22.3 Å². The molecule has 8 heteroatoms. The second-order valence-electron chi connectivity index (χ2n) is 11.8. The summed E-state index contributed by atoms with van der Waals surface area (Å²) in [5.74, 6) is 0.638. The van der Waals surface area contributed by atoms with E-state index in [2.05, 4.69) is 51.1 Å². The molecule has 4 aromatic rings. The van der Waals surface area contributed by atoms with E-state index in [9.17, 15) is 9.59 Å². The molecule has 41 heavy (non-hydrogen) atoms. The smallest absolute Gasteiger partial charge is 0.260 e. The lowest BCUT2D eigenvalue weighted by atomic mass is 9.91. The first kappa shape index (κ1) is 25.8. The molecule has 0 atom stereocenters. The lowest BCUT2D eigenvalue weighted by molar-refractivity contribution is 0.0827. The van der Waals surface area contributed by atoms with Gasteiger partial charge in [0.05, 0.1) is 5.69 Å². The van der Waals surface area contributed by atoms with Gasteiger partial charge in [-0.1, -0.05) is 12.1 Å². The van der Waals surface area contributed by atoms with E-state index in [-0.39, 0.29) is 11.5 Å². The van der Waals surface area contributed by atoms with E-state index < -0.39 is 0 Å². The Bertz CT molecular complexity index is 1770. The topological polar surface area (TPSA) is 75.4 Å². The summed E-state index contributed by atoms with van der Waals surface area (Å²) >= 11 is 0. The van der Waals surface area contributed by atoms with E-state index >= 15 is 0 Å². The lowest BCUT2D eigenvalue weighted by Gasteiger charge is -2.27. The van der Waals surface area contributed by atoms with Crippen molar-refractivity contribution in [3.05, 3.63) is 93.2 Å². The Morgan fingerprint density at radius 3 is 2.73 bits per heavy atom. The van der Waals surface area contributed by atoms with Crippen LogP contribution in [-0.2, 0) is 20.0 Å².